The van der Waals surface area contributed by atoms with Gasteiger partial charge in [0.05, 0.1) is 47.4 Å². The Morgan fingerprint density at radius 2 is 1.76 bits per heavy atom. The molecule has 6 heterocycles. The Hall–Kier alpha value is -5.04. The van der Waals surface area contributed by atoms with Gasteiger partial charge in [0.2, 0.25) is 11.7 Å². The number of rotatable bonds is 6. The molecule has 0 atom stereocenters. The maximum Gasteiger partial charge on any atom is 0.294 e. The predicted molar refractivity (Wildman–Crippen MR) is 137 cm³/mol. The Morgan fingerprint density at radius 1 is 0.974 bits per heavy atom. The van der Waals surface area contributed by atoms with Crippen LogP contribution in [0.1, 0.15) is 27.7 Å². The summed E-state index contributed by atoms with van der Waals surface area (Å²) in [5.41, 5.74) is 5.67. The van der Waals surface area contributed by atoms with Crippen molar-refractivity contribution < 1.29 is 9.59 Å². The van der Waals surface area contributed by atoms with Gasteiger partial charge in [0.25, 0.3) is 5.91 Å². The van der Waals surface area contributed by atoms with Gasteiger partial charge in [-0.25, -0.2) is 0 Å². The van der Waals surface area contributed by atoms with Crippen molar-refractivity contribution in [3.8, 4) is 11.1 Å². The summed E-state index contributed by atoms with van der Waals surface area (Å²) in [4.78, 5) is 40.7. The van der Waals surface area contributed by atoms with E-state index in [1.165, 1.54) is 0 Å². The molecule has 5 aromatic rings. The number of carbonyl (C=O) groups excluding carboxylic acids is 2. The van der Waals surface area contributed by atoms with Crippen molar-refractivity contribution in [3.63, 3.8) is 0 Å². The Morgan fingerprint density at radius 3 is 2.50 bits per heavy atom. The average molecular weight is 510 g/mol. The minimum absolute atomic E-state index is 0.127. The van der Waals surface area contributed by atoms with Gasteiger partial charge in [-0.3, -0.25) is 38.5 Å². The van der Waals surface area contributed by atoms with Crippen molar-refractivity contribution in [1.82, 2.24) is 44.2 Å². The van der Waals surface area contributed by atoms with Gasteiger partial charge in [0.15, 0.2) is 5.65 Å². The van der Waals surface area contributed by atoms with E-state index < -0.39 is 5.91 Å². The summed E-state index contributed by atoms with van der Waals surface area (Å²) in [7, 11) is 1.85. The summed E-state index contributed by atoms with van der Waals surface area (Å²) in [5, 5.41) is 18.1. The van der Waals surface area contributed by atoms with Crippen molar-refractivity contribution >= 4 is 28.8 Å². The zero-order valence-corrected chi connectivity index (χ0v) is 20.7. The van der Waals surface area contributed by atoms with Gasteiger partial charge in [0, 0.05) is 50.5 Å². The molecule has 0 unspecified atom stereocenters. The second-order valence-corrected chi connectivity index (χ2v) is 9.02. The Bertz CT molecular complexity index is 1660. The first-order chi connectivity index (χ1) is 18.4. The van der Waals surface area contributed by atoms with Crippen LogP contribution in [0.15, 0.2) is 55.4 Å². The molecule has 190 valence electrons. The molecule has 2 N–H and O–H groups in total. The van der Waals surface area contributed by atoms with Gasteiger partial charge >= 0.3 is 0 Å². The number of pyridine rings is 2. The number of aryl methyl sites for hydroxylation is 2. The van der Waals surface area contributed by atoms with Gasteiger partial charge in [0.1, 0.15) is 0 Å². The van der Waals surface area contributed by atoms with Crippen LogP contribution in [-0.2, 0) is 24.9 Å². The Kier molecular flexibility index (Phi) is 5.81. The highest BCUT2D eigenvalue weighted by Crippen LogP contribution is 2.22. The van der Waals surface area contributed by atoms with Crippen LogP contribution in [0.25, 0.3) is 16.8 Å². The van der Waals surface area contributed by atoms with E-state index in [0.29, 0.717) is 35.8 Å². The molecule has 13 heteroatoms. The first kappa shape index (κ1) is 23.4. The third-order valence-corrected chi connectivity index (χ3v) is 6.24. The van der Waals surface area contributed by atoms with Gasteiger partial charge in [-0.1, -0.05) is 0 Å². The SMILES string of the molecule is Cc1ncc(NC(=O)CN2Cc3nccnc3C2)cc1NC(=O)c1nnc2cc(-c3cnn(C)c3)ccn12. The lowest BCUT2D eigenvalue weighted by Crippen LogP contribution is -2.29. The van der Waals surface area contributed by atoms with Crippen LogP contribution < -0.4 is 10.6 Å². The molecular weight excluding hydrogens is 486 g/mol. The molecule has 1 aliphatic heterocycles. The van der Waals surface area contributed by atoms with Crippen molar-refractivity contribution in [2.24, 2.45) is 7.05 Å². The standard InChI is InChI=1S/C25H23N11O2/c1-15-19(8-18(10-28-15)30-23(37)14-35-12-20-21(13-35)27-5-4-26-20)31-25(38)24-33-32-22-7-16(3-6-36(22)24)17-9-29-34(2)11-17/h3-11H,12-14H2,1-2H3,(H,30,37)(H,31,38). The predicted octanol–water partition coefficient (Wildman–Crippen LogP) is 1.83. The molecule has 0 spiro atoms. The van der Waals surface area contributed by atoms with Crippen LogP contribution in [0.5, 0.6) is 0 Å². The third-order valence-electron chi connectivity index (χ3n) is 6.24. The van der Waals surface area contributed by atoms with Crippen LogP contribution in [0.4, 0.5) is 11.4 Å². The molecule has 0 bridgehead atoms. The lowest BCUT2D eigenvalue weighted by molar-refractivity contribution is -0.117. The van der Waals surface area contributed by atoms with E-state index in [-0.39, 0.29) is 18.3 Å². The van der Waals surface area contributed by atoms with E-state index in [4.69, 9.17) is 0 Å². The average Bonchev–Trinajstić information content (AvgIpc) is 3.63. The molecule has 1 aliphatic rings. The van der Waals surface area contributed by atoms with Crippen LogP contribution in [0.3, 0.4) is 0 Å². The smallest absolute Gasteiger partial charge is 0.294 e. The third kappa shape index (κ3) is 4.57. The van der Waals surface area contributed by atoms with E-state index in [1.807, 2.05) is 30.3 Å². The van der Waals surface area contributed by atoms with Crippen LogP contribution in [-0.4, -0.2) is 62.6 Å². The van der Waals surface area contributed by atoms with Crippen LogP contribution in [0, 0.1) is 6.92 Å². The summed E-state index contributed by atoms with van der Waals surface area (Å²) >= 11 is 0. The number of hydrogen-bond acceptors (Lipinski definition) is 9. The fourth-order valence-electron chi connectivity index (χ4n) is 4.36. The van der Waals surface area contributed by atoms with Gasteiger partial charge in [-0.15, -0.1) is 10.2 Å². The molecule has 2 amide bonds. The number of hydrogen-bond donors (Lipinski definition) is 2. The minimum atomic E-state index is -0.449. The maximum atomic E-state index is 13.1. The molecule has 0 aromatic carbocycles. The summed E-state index contributed by atoms with van der Waals surface area (Å²) in [6.45, 7) is 3.09. The number of amides is 2. The Balaban J connectivity index is 1.14. The van der Waals surface area contributed by atoms with Crippen molar-refractivity contribution in [3.05, 3.63) is 78.3 Å². The Labute approximate surface area is 216 Å². The van der Waals surface area contributed by atoms with Crippen LogP contribution in [0.2, 0.25) is 0 Å². The second-order valence-electron chi connectivity index (χ2n) is 9.02. The number of carbonyl (C=O) groups is 2. The minimum Gasteiger partial charge on any atom is -0.324 e. The fourth-order valence-corrected chi connectivity index (χ4v) is 4.36. The number of fused-ring (bicyclic) bond motifs is 2. The number of anilines is 2. The quantitative estimate of drug-likeness (QED) is 0.350. The normalized spacial score (nSPS) is 13.0. The van der Waals surface area contributed by atoms with E-state index in [2.05, 4.69) is 40.9 Å². The number of nitrogens with zero attached hydrogens (tertiary/aromatic N) is 9. The molecule has 5 aromatic heterocycles. The zero-order chi connectivity index (χ0) is 26.2. The number of nitrogens with one attached hydrogen (secondary N) is 2. The molecule has 0 radical (unpaired) electrons. The monoisotopic (exact) mass is 509 g/mol. The van der Waals surface area contributed by atoms with E-state index in [1.54, 1.807) is 53.1 Å². The van der Waals surface area contributed by atoms with Crippen molar-refractivity contribution in [2.45, 2.75) is 20.0 Å². The summed E-state index contributed by atoms with van der Waals surface area (Å²) in [6, 6.07) is 5.39. The molecular formula is C25H23N11O2. The largest absolute Gasteiger partial charge is 0.324 e. The first-order valence-electron chi connectivity index (χ1n) is 11.9. The molecule has 0 fully saturated rings. The first-order valence-corrected chi connectivity index (χ1v) is 11.9. The van der Waals surface area contributed by atoms with Gasteiger partial charge in [-0.2, -0.15) is 5.10 Å². The van der Waals surface area contributed by atoms with Crippen LogP contribution >= 0.6 is 0 Å². The van der Waals surface area contributed by atoms with Crippen molar-refractivity contribution in [1.29, 1.82) is 0 Å². The summed E-state index contributed by atoms with van der Waals surface area (Å²) in [5.74, 6) is -0.522. The molecule has 0 aliphatic carbocycles. The highest BCUT2D eigenvalue weighted by Gasteiger charge is 2.23. The highest BCUT2D eigenvalue weighted by atomic mass is 16.2. The topological polar surface area (TPSA) is 148 Å². The van der Waals surface area contributed by atoms with E-state index in [9.17, 15) is 9.59 Å². The molecule has 0 saturated carbocycles. The van der Waals surface area contributed by atoms with Gasteiger partial charge < -0.3 is 10.6 Å². The highest BCUT2D eigenvalue weighted by molar-refractivity contribution is 6.03. The summed E-state index contributed by atoms with van der Waals surface area (Å²) < 4.78 is 3.33. The lowest BCUT2D eigenvalue weighted by atomic mass is 10.1. The molecule has 38 heavy (non-hydrogen) atoms. The molecule has 0 saturated heterocycles. The van der Waals surface area contributed by atoms with E-state index >= 15 is 0 Å². The van der Waals surface area contributed by atoms with Gasteiger partial charge in [-0.05, 0) is 30.7 Å². The fraction of sp³-hybridized carbons (Fsp3) is 0.200. The molecule has 13 nitrogen and oxygen atoms in total. The lowest BCUT2D eigenvalue weighted by Gasteiger charge is -2.14. The zero-order valence-electron chi connectivity index (χ0n) is 20.7. The molecule has 6 rings (SSSR count). The second kappa shape index (κ2) is 9.44. The number of aromatic nitrogens is 8. The summed E-state index contributed by atoms with van der Waals surface area (Å²) in [6.07, 6.45) is 10.3. The van der Waals surface area contributed by atoms with E-state index in [0.717, 1.165) is 22.5 Å². The van der Waals surface area contributed by atoms with Crippen molar-refractivity contribution in [2.75, 3.05) is 17.2 Å². The maximum absolute atomic E-state index is 13.1.